The number of benzene rings is 1. The first-order valence-electron chi connectivity index (χ1n) is 7.16. The topological polar surface area (TPSA) is 41.0 Å². The van der Waals surface area contributed by atoms with Crippen molar-refractivity contribution >= 4 is 23.2 Å². The van der Waals surface area contributed by atoms with Gasteiger partial charge in [-0.25, -0.2) is 9.97 Å². The maximum Gasteiger partial charge on any atom is 0.134 e. The van der Waals surface area contributed by atoms with Crippen LogP contribution in [0.15, 0.2) is 36.7 Å². The lowest BCUT2D eigenvalue weighted by molar-refractivity contribution is 0.727. The molecule has 21 heavy (non-hydrogen) atoms. The Morgan fingerprint density at radius 1 is 1.29 bits per heavy atom. The quantitative estimate of drug-likeness (QED) is 0.870. The molecule has 0 spiro atoms. The Morgan fingerprint density at radius 3 is 2.81 bits per heavy atom. The molecule has 0 saturated carbocycles. The van der Waals surface area contributed by atoms with E-state index < -0.39 is 0 Å². The van der Waals surface area contributed by atoms with Gasteiger partial charge < -0.3 is 10.2 Å². The van der Waals surface area contributed by atoms with E-state index in [2.05, 4.69) is 40.1 Å². The second kappa shape index (κ2) is 7.27. The van der Waals surface area contributed by atoms with Crippen molar-refractivity contribution in [2.24, 2.45) is 0 Å². The second-order valence-electron chi connectivity index (χ2n) is 5.03. The van der Waals surface area contributed by atoms with Gasteiger partial charge in [-0.2, -0.15) is 0 Å². The summed E-state index contributed by atoms with van der Waals surface area (Å²) in [7, 11) is 2.03. The molecule has 0 aliphatic carbocycles. The summed E-state index contributed by atoms with van der Waals surface area (Å²) >= 11 is 6.07. The minimum absolute atomic E-state index is 0.178. The van der Waals surface area contributed by atoms with E-state index >= 15 is 0 Å². The van der Waals surface area contributed by atoms with E-state index in [1.807, 2.05) is 31.3 Å². The summed E-state index contributed by atoms with van der Waals surface area (Å²) in [6, 6.07) is 10.1. The van der Waals surface area contributed by atoms with E-state index in [0.717, 1.165) is 35.2 Å². The Morgan fingerprint density at radius 2 is 2.10 bits per heavy atom. The van der Waals surface area contributed by atoms with Crippen LogP contribution in [-0.4, -0.2) is 23.6 Å². The van der Waals surface area contributed by atoms with Gasteiger partial charge in [0.25, 0.3) is 0 Å². The number of hydrogen-bond acceptors (Lipinski definition) is 4. The zero-order valence-corrected chi connectivity index (χ0v) is 13.4. The fraction of sp³-hybridized carbons (Fsp3) is 0.375. The predicted molar refractivity (Wildman–Crippen MR) is 89.1 cm³/mol. The molecule has 1 aromatic heterocycles. The average molecular weight is 305 g/mol. The van der Waals surface area contributed by atoms with Crippen LogP contribution in [-0.2, 0) is 0 Å². The number of hydrogen-bond donors (Lipinski definition) is 1. The summed E-state index contributed by atoms with van der Waals surface area (Å²) in [5.41, 5.74) is 1.16. The van der Waals surface area contributed by atoms with Crippen molar-refractivity contribution in [1.29, 1.82) is 0 Å². The highest BCUT2D eigenvalue weighted by Crippen LogP contribution is 2.26. The van der Waals surface area contributed by atoms with Crippen molar-refractivity contribution < 1.29 is 0 Å². The van der Waals surface area contributed by atoms with E-state index in [-0.39, 0.29) is 6.04 Å². The van der Waals surface area contributed by atoms with Crippen molar-refractivity contribution in [1.82, 2.24) is 9.97 Å². The standard InChI is InChI=1S/C16H21ClN4/c1-4-8-18-15-10-16(20-11-19-15)21(3)12(2)13-6-5-7-14(17)9-13/h5-7,9-12H,4,8H2,1-3H3,(H,18,19,20). The molecule has 0 radical (unpaired) electrons. The zero-order chi connectivity index (χ0) is 15.2. The molecule has 2 rings (SSSR count). The average Bonchev–Trinajstić information content (AvgIpc) is 2.51. The van der Waals surface area contributed by atoms with Crippen LogP contribution in [0.25, 0.3) is 0 Å². The van der Waals surface area contributed by atoms with Crippen molar-refractivity contribution in [3.05, 3.63) is 47.2 Å². The SMILES string of the molecule is CCCNc1cc(N(C)C(C)c2cccc(Cl)c2)ncn1. The van der Waals surface area contributed by atoms with Crippen molar-refractivity contribution in [3.8, 4) is 0 Å². The third kappa shape index (κ3) is 4.08. The molecule has 0 aliphatic rings. The van der Waals surface area contributed by atoms with E-state index in [1.54, 1.807) is 6.33 Å². The van der Waals surface area contributed by atoms with Crippen LogP contribution in [0.5, 0.6) is 0 Å². The van der Waals surface area contributed by atoms with Crippen molar-refractivity contribution in [2.75, 3.05) is 23.8 Å². The van der Waals surface area contributed by atoms with Gasteiger partial charge >= 0.3 is 0 Å². The minimum atomic E-state index is 0.178. The molecule has 1 atom stereocenters. The van der Waals surface area contributed by atoms with Gasteiger partial charge in [-0.3, -0.25) is 0 Å². The molecular formula is C16H21ClN4. The summed E-state index contributed by atoms with van der Waals surface area (Å²) in [5, 5.41) is 4.03. The van der Waals surface area contributed by atoms with Crippen molar-refractivity contribution in [2.45, 2.75) is 26.3 Å². The fourth-order valence-electron chi connectivity index (χ4n) is 2.08. The normalized spacial score (nSPS) is 12.0. The first-order chi connectivity index (χ1) is 10.1. The van der Waals surface area contributed by atoms with Crippen molar-refractivity contribution in [3.63, 3.8) is 0 Å². The summed E-state index contributed by atoms with van der Waals surface area (Å²) in [5.74, 6) is 1.74. The van der Waals surface area contributed by atoms with Gasteiger partial charge in [-0.05, 0) is 31.0 Å². The molecule has 0 amide bonds. The molecule has 1 N–H and O–H groups in total. The van der Waals surface area contributed by atoms with E-state index in [4.69, 9.17) is 11.6 Å². The molecule has 0 aliphatic heterocycles. The van der Waals surface area contributed by atoms with Gasteiger partial charge in [-0.1, -0.05) is 30.7 Å². The largest absolute Gasteiger partial charge is 0.370 e. The maximum absolute atomic E-state index is 6.07. The molecule has 0 saturated heterocycles. The highest BCUT2D eigenvalue weighted by Gasteiger charge is 2.14. The van der Waals surface area contributed by atoms with Crippen LogP contribution in [0.1, 0.15) is 31.9 Å². The highest BCUT2D eigenvalue weighted by molar-refractivity contribution is 6.30. The van der Waals surface area contributed by atoms with E-state index in [1.165, 1.54) is 0 Å². The molecule has 1 aromatic carbocycles. The number of rotatable bonds is 6. The molecule has 4 nitrogen and oxygen atoms in total. The Labute approximate surface area is 131 Å². The Balaban J connectivity index is 2.17. The smallest absolute Gasteiger partial charge is 0.134 e. The number of nitrogens with one attached hydrogen (secondary N) is 1. The van der Waals surface area contributed by atoms with E-state index in [9.17, 15) is 0 Å². The van der Waals surface area contributed by atoms with Gasteiger partial charge in [0.15, 0.2) is 0 Å². The zero-order valence-electron chi connectivity index (χ0n) is 12.7. The molecular weight excluding hydrogens is 284 g/mol. The molecule has 1 unspecified atom stereocenters. The second-order valence-corrected chi connectivity index (χ2v) is 5.47. The number of aromatic nitrogens is 2. The van der Waals surface area contributed by atoms with Crippen LogP contribution in [0.3, 0.4) is 0 Å². The highest BCUT2D eigenvalue weighted by atomic mass is 35.5. The molecule has 0 fully saturated rings. The summed E-state index contributed by atoms with van der Waals surface area (Å²) in [6.45, 7) is 5.17. The lowest BCUT2D eigenvalue weighted by atomic mass is 10.1. The molecule has 0 bridgehead atoms. The summed E-state index contributed by atoms with van der Waals surface area (Å²) in [4.78, 5) is 10.7. The van der Waals surface area contributed by atoms with Gasteiger partial charge in [0.1, 0.15) is 18.0 Å². The summed E-state index contributed by atoms with van der Waals surface area (Å²) in [6.07, 6.45) is 2.66. The summed E-state index contributed by atoms with van der Waals surface area (Å²) < 4.78 is 0. The van der Waals surface area contributed by atoms with E-state index in [0.29, 0.717) is 0 Å². The predicted octanol–water partition coefficient (Wildman–Crippen LogP) is 4.15. The number of halogens is 1. The first-order valence-corrected chi connectivity index (χ1v) is 7.53. The number of anilines is 2. The van der Waals surface area contributed by atoms with Gasteiger partial charge in [0.2, 0.25) is 0 Å². The van der Waals surface area contributed by atoms with Gasteiger partial charge in [-0.15, -0.1) is 0 Å². The fourth-order valence-corrected chi connectivity index (χ4v) is 2.28. The maximum atomic E-state index is 6.07. The third-order valence-corrected chi connectivity index (χ3v) is 3.72. The Bertz CT molecular complexity index is 588. The van der Waals surface area contributed by atoms with Gasteiger partial charge in [0, 0.05) is 24.7 Å². The van der Waals surface area contributed by atoms with Crippen LogP contribution >= 0.6 is 11.6 Å². The first kappa shape index (κ1) is 15.6. The van der Waals surface area contributed by atoms with Crippen LogP contribution in [0.2, 0.25) is 5.02 Å². The Hall–Kier alpha value is -1.81. The van der Waals surface area contributed by atoms with Crippen LogP contribution in [0, 0.1) is 0 Å². The molecule has 1 heterocycles. The molecule has 5 heteroatoms. The monoisotopic (exact) mass is 304 g/mol. The van der Waals surface area contributed by atoms with Crippen LogP contribution < -0.4 is 10.2 Å². The third-order valence-electron chi connectivity index (χ3n) is 3.48. The van der Waals surface area contributed by atoms with Gasteiger partial charge in [0.05, 0.1) is 6.04 Å². The lowest BCUT2D eigenvalue weighted by Gasteiger charge is -2.26. The Kier molecular flexibility index (Phi) is 5.39. The lowest BCUT2D eigenvalue weighted by Crippen LogP contribution is -2.23. The minimum Gasteiger partial charge on any atom is -0.370 e. The van der Waals surface area contributed by atoms with Crippen LogP contribution in [0.4, 0.5) is 11.6 Å². The molecule has 112 valence electrons. The number of nitrogens with zero attached hydrogens (tertiary/aromatic N) is 3. The molecule has 2 aromatic rings.